The summed E-state index contributed by atoms with van der Waals surface area (Å²) in [6.07, 6.45) is 0. The number of rotatable bonds is 5. The number of ether oxygens (including phenoxy) is 1. The van der Waals surface area contributed by atoms with Crippen LogP contribution in [0.3, 0.4) is 0 Å². The quantitative estimate of drug-likeness (QED) is 0.873. The highest BCUT2D eigenvalue weighted by atomic mass is 79.9. The Morgan fingerprint density at radius 1 is 1.44 bits per heavy atom. The molecule has 1 aromatic carbocycles. The molecule has 0 radical (unpaired) electrons. The Bertz CT molecular complexity index is 347. The fourth-order valence-electron chi connectivity index (χ4n) is 1.35. The van der Waals surface area contributed by atoms with Gasteiger partial charge in [-0.25, -0.2) is 0 Å². The van der Waals surface area contributed by atoms with Crippen LogP contribution in [-0.2, 0) is 6.54 Å². The molecule has 1 aromatic rings. The monoisotopic (exact) mass is 286 g/mol. The number of benzene rings is 1. The summed E-state index contributed by atoms with van der Waals surface area (Å²) in [5.41, 5.74) is 6.91. The Morgan fingerprint density at radius 3 is 2.62 bits per heavy atom. The first-order chi connectivity index (χ1) is 7.42. The average molecular weight is 287 g/mol. The number of halogens is 1. The van der Waals surface area contributed by atoms with E-state index in [1.54, 1.807) is 7.11 Å². The van der Waals surface area contributed by atoms with Crippen LogP contribution in [0.1, 0.15) is 19.4 Å². The molecule has 3 nitrogen and oxygen atoms in total. The van der Waals surface area contributed by atoms with Crippen molar-refractivity contribution in [3.8, 4) is 5.75 Å². The van der Waals surface area contributed by atoms with Gasteiger partial charge in [-0.2, -0.15) is 0 Å². The van der Waals surface area contributed by atoms with Crippen molar-refractivity contribution in [2.45, 2.75) is 25.9 Å². The lowest BCUT2D eigenvalue weighted by molar-refractivity contribution is 0.411. The fourth-order valence-corrected chi connectivity index (χ4v) is 1.94. The third-order valence-electron chi connectivity index (χ3n) is 2.13. The van der Waals surface area contributed by atoms with Crippen LogP contribution >= 0.6 is 15.9 Å². The molecule has 0 saturated heterocycles. The number of hydrogen-bond donors (Lipinski definition) is 2. The Hall–Kier alpha value is -0.580. The van der Waals surface area contributed by atoms with Gasteiger partial charge in [0.25, 0.3) is 0 Å². The molecule has 90 valence electrons. The average Bonchev–Trinajstić information content (AvgIpc) is 2.16. The van der Waals surface area contributed by atoms with Gasteiger partial charge in [0.15, 0.2) is 0 Å². The first kappa shape index (κ1) is 13.5. The van der Waals surface area contributed by atoms with Crippen molar-refractivity contribution in [1.82, 2.24) is 5.32 Å². The lowest BCUT2D eigenvalue weighted by Crippen LogP contribution is -2.42. The van der Waals surface area contributed by atoms with E-state index in [1.165, 1.54) is 5.56 Å². The number of methoxy groups -OCH3 is 1. The van der Waals surface area contributed by atoms with E-state index in [4.69, 9.17) is 10.5 Å². The van der Waals surface area contributed by atoms with Crippen LogP contribution in [0, 0.1) is 0 Å². The van der Waals surface area contributed by atoms with Crippen LogP contribution < -0.4 is 15.8 Å². The smallest absolute Gasteiger partial charge is 0.133 e. The molecule has 0 spiro atoms. The van der Waals surface area contributed by atoms with Crippen LogP contribution in [0.5, 0.6) is 5.75 Å². The molecular weight excluding hydrogens is 268 g/mol. The molecule has 0 amide bonds. The maximum Gasteiger partial charge on any atom is 0.133 e. The van der Waals surface area contributed by atoms with Crippen LogP contribution in [0.15, 0.2) is 22.7 Å². The molecule has 0 unspecified atom stereocenters. The molecule has 1 rings (SSSR count). The Balaban J connectivity index is 2.52. The molecule has 3 N–H and O–H groups in total. The van der Waals surface area contributed by atoms with E-state index in [0.29, 0.717) is 0 Å². The van der Waals surface area contributed by atoms with Crippen LogP contribution in [-0.4, -0.2) is 19.2 Å². The standard InChI is InChI=1S/C12H19BrN2O/c1-12(2,14)8-15-7-9-4-5-11(16-3)10(13)6-9/h4-6,15H,7-8,14H2,1-3H3. The van der Waals surface area contributed by atoms with Gasteiger partial charge in [-0.15, -0.1) is 0 Å². The van der Waals surface area contributed by atoms with E-state index in [2.05, 4.69) is 27.3 Å². The van der Waals surface area contributed by atoms with Gasteiger partial charge in [-0.3, -0.25) is 0 Å². The lowest BCUT2D eigenvalue weighted by atomic mass is 10.1. The zero-order valence-corrected chi connectivity index (χ0v) is 11.6. The molecule has 0 aliphatic heterocycles. The molecule has 0 atom stereocenters. The van der Waals surface area contributed by atoms with Gasteiger partial charge in [0.05, 0.1) is 11.6 Å². The highest BCUT2D eigenvalue weighted by Crippen LogP contribution is 2.25. The molecule has 4 heteroatoms. The van der Waals surface area contributed by atoms with E-state index in [1.807, 2.05) is 26.0 Å². The SMILES string of the molecule is COc1ccc(CNCC(C)(C)N)cc1Br. The van der Waals surface area contributed by atoms with Crippen molar-refractivity contribution in [1.29, 1.82) is 0 Å². The normalized spacial score (nSPS) is 11.6. The summed E-state index contributed by atoms with van der Waals surface area (Å²) < 4.78 is 6.14. The van der Waals surface area contributed by atoms with E-state index in [0.717, 1.165) is 23.3 Å². The molecule has 16 heavy (non-hydrogen) atoms. The predicted molar refractivity (Wildman–Crippen MR) is 70.7 cm³/mol. The molecule has 0 aliphatic carbocycles. The minimum Gasteiger partial charge on any atom is -0.496 e. The highest BCUT2D eigenvalue weighted by molar-refractivity contribution is 9.10. The second-order valence-corrected chi connectivity index (χ2v) is 5.42. The van der Waals surface area contributed by atoms with Crippen molar-refractivity contribution in [2.75, 3.05) is 13.7 Å². The summed E-state index contributed by atoms with van der Waals surface area (Å²) in [6, 6.07) is 6.05. The van der Waals surface area contributed by atoms with Crippen molar-refractivity contribution < 1.29 is 4.74 Å². The third-order valence-corrected chi connectivity index (χ3v) is 2.75. The molecule has 0 heterocycles. The summed E-state index contributed by atoms with van der Waals surface area (Å²) in [6.45, 7) is 5.60. The van der Waals surface area contributed by atoms with Gasteiger partial charge in [-0.05, 0) is 47.5 Å². The minimum absolute atomic E-state index is 0.177. The van der Waals surface area contributed by atoms with Crippen LogP contribution in [0.4, 0.5) is 0 Å². The molecule has 0 bridgehead atoms. The molecule has 0 aliphatic rings. The first-order valence-corrected chi connectivity index (χ1v) is 6.04. The van der Waals surface area contributed by atoms with E-state index in [9.17, 15) is 0 Å². The minimum atomic E-state index is -0.177. The maximum absolute atomic E-state index is 5.88. The second kappa shape index (κ2) is 5.66. The zero-order valence-electron chi connectivity index (χ0n) is 10.0. The van der Waals surface area contributed by atoms with Crippen molar-refractivity contribution in [3.05, 3.63) is 28.2 Å². The Morgan fingerprint density at radius 2 is 2.12 bits per heavy atom. The Kier molecular flexibility index (Phi) is 4.77. The van der Waals surface area contributed by atoms with Gasteiger partial charge >= 0.3 is 0 Å². The highest BCUT2D eigenvalue weighted by Gasteiger charge is 2.09. The number of nitrogens with one attached hydrogen (secondary N) is 1. The largest absolute Gasteiger partial charge is 0.496 e. The topological polar surface area (TPSA) is 47.3 Å². The summed E-state index contributed by atoms with van der Waals surface area (Å²) in [7, 11) is 1.66. The number of hydrogen-bond acceptors (Lipinski definition) is 3. The van der Waals surface area contributed by atoms with Crippen molar-refractivity contribution >= 4 is 15.9 Å². The zero-order chi connectivity index (χ0) is 12.2. The van der Waals surface area contributed by atoms with Crippen molar-refractivity contribution in [3.63, 3.8) is 0 Å². The molecule has 0 aromatic heterocycles. The predicted octanol–water partition coefficient (Wildman–Crippen LogP) is 2.28. The lowest BCUT2D eigenvalue weighted by Gasteiger charge is -2.19. The fraction of sp³-hybridized carbons (Fsp3) is 0.500. The van der Waals surface area contributed by atoms with Gasteiger partial charge in [-0.1, -0.05) is 6.07 Å². The molecule has 0 saturated carbocycles. The number of nitrogens with two attached hydrogens (primary N) is 1. The summed E-state index contributed by atoms with van der Waals surface area (Å²) in [5, 5.41) is 3.32. The summed E-state index contributed by atoms with van der Waals surface area (Å²) >= 11 is 3.46. The second-order valence-electron chi connectivity index (χ2n) is 4.56. The van der Waals surface area contributed by atoms with E-state index >= 15 is 0 Å². The van der Waals surface area contributed by atoms with Gasteiger partial charge in [0.2, 0.25) is 0 Å². The maximum atomic E-state index is 5.88. The third kappa shape index (κ3) is 4.51. The van der Waals surface area contributed by atoms with Crippen LogP contribution in [0.25, 0.3) is 0 Å². The van der Waals surface area contributed by atoms with Gasteiger partial charge in [0, 0.05) is 18.6 Å². The van der Waals surface area contributed by atoms with E-state index < -0.39 is 0 Å². The summed E-state index contributed by atoms with van der Waals surface area (Å²) in [4.78, 5) is 0. The first-order valence-electron chi connectivity index (χ1n) is 5.24. The Labute approximate surface area is 105 Å². The van der Waals surface area contributed by atoms with E-state index in [-0.39, 0.29) is 5.54 Å². The van der Waals surface area contributed by atoms with Gasteiger partial charge in [0.1, 0.15) is 5.75 Å². The molecular formula is C12H19BrN2O. The van der Waals surface area contributed by atoms with Gasteiger partial charge < -0.3 is 15.8 Å². The van der Waals surface area contributed by atoms with Crippen LogP contribution in [0.2, 0.25) is 0 Å². The molecule has 0 fully saturated rings. The van der Waals surface area contributed by atoms with Crippen molar-refractivity contribution in [2.24, 2.45) is 5.73 Å². The summed E-state index contributed by atoms with van der Waals surface area (Å²) in [5.74, 6) is 0.850.